The summed E-state index contributed by atoms with van der Waals surface area (Å²) >= 11 is 0. The molecule has 2 aliphatic rings. The third kappa shape index (κ3) is 4.87. The van der Waals surface area contributed by atoms with E-state index in [1.165, 1.54) is 17.7 Å². The van der Waals surface area contributed by atoms with Gasteiger partial charge in [0, 0.05) is 50.9 Å². The van der Waals surface area contributed by atoms with Gasteiger partial charge in [-0.05, 0) is 80.3 Å². The van der Waals surface area contributed by atoms with Crippen molar-refractivity contribution in [2.75, 3.05) is 32.7 Å². The van der Waals surface area contributed by atoms with Gasteiger partial charge in [0.25, 0.3) is 0 Å². The fourth-order valence-corrected chi connectivity index (χ4v) is 6.04. The molecule has 190 valence electrons. The van der Waals surface area contributed by atoms with Gasteiger partial charge in [-0.3, -0.25) is 9.78 Å². The van der Waals surface area contributed by atoms with E-state index in [2.05, 4.69) is 9.88 Å². The Kier molecular flexibility index (Phi) is 6.79. The van der Waals surface area contributed by atoms with Gasteiger partial charge in [0.05, 0.1) is 23.0 Å². The first kappa shape index (κ1) is 24.4. The van der Waals surface area contributed by atoms with Crippen molar-refractivity contribution in [3.63, 3.8) is 0 Å². The molecule has 0 unspecified atom stereocenters. The maximum atomic E-state index is 13.8. The lowest BCUT2D eigenvalue weighted by molar-refractivity contribution is -0.130. The number of hydrogen-bond donors (Lipinski definition) is 1. The monoisotopic (exact) mass is 492 g/mol. The van der Waals surface area contributed by atoms with Gasteiger partial charge in [-0.15, -0.1) is 0 Å². The van der Waals surface area contributed by atoms with Crippen molar-refractivity contribution in [2.45, 2.75) is 39.5 Å². The number of piperidine rings is 1. The van der Waals surface area contributed by atoms with Gasteiger partial charge in [-0.2, -0.15) is 0 Å². The summed E-state index contributed by atoms with van der Waals surface area (Å²) in [5.41, 5.74) is 3.44. The highest BCUT2D eigenvalue weighted by Crippen LogP contribution is 2.32. The number of hydrogen-bond acceptors (Lipinski definition) is 4. The molecule has 36 heavy (non-hydrogen) atoms. The quantitative estimate of drug-likeness (QED) is 0.555. The van der Waals surface area contributed by atoms with Crippen LogP contribution in [0.4, 0.5) is 4.39 Å². The number of carboxylic acids is 1. The third-order valence-corrected chi connectivity index (χ3v) is 7.88. The molecule has 8 heteroatoms. The number of carbonyl (C=O) groups excluding carboxylic acids is 1. The van der Waals surface area contributed by atoms with Crippen LogP contribution in [0, 0.1) is 24.6 Å². The second-order valence-electron chi connectivity index (χ2n) is 10.4. The lowest BCUT2D eigenvalue weighted by atomic mass is 9.96. The Morgan fingerprint density at radius 1 is 1.11 bits per heavy atom. The molecule has 0 aliphatic carbocycles. The molecule has 1 aromatic carbocycles. The van der Waals surface area contributed by atoms with E-state index in [4.69, 9.17) is 0 Å². The van der Waals surface area contributed by atoms with E-state index in [0.717, 1.165) is 80.9 Å². The van der Waals surface area contributed by atoms with Crippen molar-refractivity contribution >= 4 is 22.8 Å². The second kappa shape index (κ2) is 10.0. The molecule has 0 bridgehead atoms. The van der Waals surface area contributed by atoms with Gasteiger partial charge < -0.3 is 19.5 Å². The molecule has 3 aromatic rings. The molecule has 1 atom stereocenters. The molecule has 4 heterocycles. The highest BCUT2D eigenvalue weighted by molar-refractivity contribution is 5.94. The van der Waals surface area contributed by atoms with Gasteiger partial charge in [-0.1, -0.05) is 0 Å². The third-order valence-electron chi connectivity index (χ3n) is 7.88. The zero-order chi connectivity index (χ0) is 25.4. The molecule has 2 aromatic heterocycles. The van der Waals surface area contributed by atoms with E-state index in [9.17, 15) is 19.1 Å². The van der Waals surface area contributed by atoms with Gasteiger partial charge in [0.2, 0.25) is 5.91 Å². The highest BCUT2D eigenvalue weighted by atomic mass is 19.1. The van der Waals surface area contributed by atoms with Crippen LogP contribution < -0.4 is 0 Å². The van der Waals surface area contributed by atoms with E-state index in [0.29, 0.717) is 17.5 Å². The number of fused-ring (bicyclic) bond motifs is 1. The minimum atomic E-state index is -1.16. The average molecular weight is 493 g/mol. The van der Waals surface area contributed by atoms with Gasteiger partial charge in [0.15, 0.2) is 0 Å². The Morgan fingerprint density at radius 2 is 1.86 bits per heavy atom. The Hall–Kier alpha value is -3.26. The molecular weight excluding hydrogens is 459 g/mol. The molecule has 1 N–H and O–H groups in total. The van der Waals surface area contributed by atoms with E-state index in [1.807, 2.05) is 28.8 Å². The van der Waals surface area contributed by atoms with Gasteiger partial charge >= 0.3 is 5.97 Å². The number of rotatable bonds is 6. The normalized spacial score (nSPS) is 19.3. The zero-order valence-corrected chi connectivity index (χ0v) is 20.9. The first-order valence-corrected chi connectivity index (χ1v) is 12.8. The maximum absolute atomic E-state index is 13.8. The van der Waals surface area contributed by atoms with Crippen LogP contribution in [-0.4, -0.2) is 69.1 Å². The van der Waals surface area contributed by atoms with Gasteiger partial charge in [0.1, 0.15) is 5.82 Å². The average Bonchev–Trinajstić information content (AvgIpc) is 3.44. The number of aromatic carboxylic acids is 1. The predicted octanol–water partition coefficient (Wildman–Crippen LogP) is 4.29. The number of aromatic nitrogens is 2. The molecule has 0 spiro atoms. The first-order valence-electron chi connectivity index (χ1n) is 12.8. The summed E-state index contributed by atoms with van der Waals surface area (Å²) in [5, 5.41) is 10.8. The van der Waals surface area contributed by atoms with Crippen molar-refractivity contribution in [2.24, 2.45) is 11.8 Å². The largest absolute Gasteiger partial charge is 0.478 e. The van der Waals surface area contributed by atoms with Crippen molar-refractivity contribution in [3.8, 4) is 5.69 Å². The van der Waals surface area contributed by atoms with E-state index >= 15 is 0 Å². The number of aryl methyl sites for hydroxylation is 1. The van der Waals surface area contributed by atoms with Crippen LogP contribution in [0.1, 0.15) is 47.7 Å². The molecule has 1 amide bonds. The molecule has 5 rings (SSSR count). The first-order chi connectivity index (χ1) is 17.3. The fraction of sp³-hybridized carbons (Fsp3) is 0.464. The summed E-state index contributed by atoms with van der Waals surface area (Å²) in [6.45, 7) is 8.62. The van der Waals surface area contributed by atoms with Gasteiger partial charge in [-0.25, -0.2) is 9.18 Å². The summed E-state index contributed by atoms with van der Waals surface area (Å²) in [6, 6.07) is 3.90. The standard InChI is InChI=1S/C28H33FN4O3/c1-18-13-30-14-26-27(18)22(17-33(26)25-4-3-23(29)12-24(25)28(35)36)11-21-5-8-31(16-21)15-20-6-9-32(10-7-20)19(2)34/h3-4,12-14,17,20-21H,5-11,15-16H2,1-2H3,(H,35,36)/t21-/m0/s1. The molecule has 2 fully saturated rings. The molecule has 2 aliphatic heterocycles. The Morgan fingerprint density at radius 3 is 2.58 bits per heavy atom. The number of amides is 1. The van der Waals surface area contributed by atoms with Crippen molar-refractivity contribution in [1.82, 2.24) is 19.4 Å². The van der Waals surface area contributed by atoms with Crippen molar-refractivity contribution < 1.29 is 19.1 Å². The smallest absolute Gasteiger partial charge is 0.337 e. The van der Waals surface area contributed by atoms with Crippen LogP contribution in [-0.2, 0) is 11.2 Å². The summed E-state index contributed by atoms with van der Waals surface area (Å²) in [6.07, 6.45) is 9.78. The number of nitrogens with zero attached hydrogens (tertiary/aromatic N) is 4. The van der Waals surface area contributed by atoms with Crippen LogP contribution in [0.2, 0.25) is 0 Å². The Balaban J connectivity index is 1.34. The molecule has 0 radical (unpaired) electrons. The number of carboxylic acid groups (broad SMARTS) is 1. The topological polar surface area (TPSA) is 78.7 Å². The maximum Gasteiger partial charge on any atom is 0.337 e. The van der Waals surface area contributed by atoms with E-state index < -0.39 is 11.8 Å². The Labute approximate surface area is 210 Å². The summed E-state index contributed by atoms with van der Waals surface area (Å²) in [4.78, 5) is 32.3. The summed E-state index contributed by atoms with van der Waals surface area (Å²) < 4.78 is 15.7. The number of carbonyl (C=O) groups is 2. The lowest BCUT2D eigenvalue weighted by Crippen LogP contribution is -2.40. The van der Waals surface area contributed by atoms with Crippen molar-refractivity contribution in [3.05, 3.63) is 59.3 Å². The SMILES string of the molecule is CC(=O)N1CCC(CN2CC[C@@H](Cc3cn(-c4ccc(F)cc4C(=O)O)c4cncc(C)c34)C2)CC1. The van der Waals surface area contributed by atoms with Crippen LogP contribution in [0.15, 0.2) is 36.8 Å². The van der Waals surface area contributed by atoms with Crippen LogP contribution in [0.5, 0.6) is 0 Å². The molecule has 0 saturated carbocycles. The number of halogens is 1. The lowest BCUT2D eigenvalue weighted by Gasteiger charge is -2.33. The van der Waals surface area contributed by atoms with Crippen LogP contribution in [0.3, 0.4) is 0 Å². The zero-order valence-electron chi connectivity index (χ0n) is 20.9. The fourth-order valence-electron chi connectivity index (χ4n) is 6.04. The van der Waals surface area contributed by atoms with E-state index in [1.54, 1.807) is 13.1 Å². The molecule has 2 saturated heterocycles. The Bertz CT molecular complexity index is 1300. The minimum absolute atomic E-state index is 0.0668. The second-order valence-corrected chi connectivity index (χ2v) is 10.4. The summed E-state index contributed by atoms with van der Waals surface area (Å²) in [5.74, 6) is -0.395. The number of likely N-dealkylation sites (tertiary alicyclic amines) is 2. The van der Waals surface area contributed by atoms with Crippen LogP contribution in [0.25, 0.3) is 16.6 Å². The van der Waals surface area contributed by atoms with E-state index in [-0.39, 0.29) is 11.5 Å². The predicted molar refractivity (Wildman–Crippen MR) is 136 cm³/mol. The van der Waals surface area contributed by atoms with Crippen molar-refractivity contribution in [1.29, 1.82) is 0 Å². The summed E-state index contributed by atoms with van der Waals surface area (Å²) in [7, 11) is 0. The highest BCUT2D eigenvalue weighted by Gasteiger charge is 2.28. The molecule has 7 nitrogen and oxygen atoms in total. The van der Waals surface area contributed by atoms with Crippen LogP contribution >= 0.6 is 0 Å². The number of benzene rings is 1. The molecular formula is C28H33FN4O3. The number of pyridine rings is 1. The minimum Gasteiger partial charge on any atom is -0.478 e.